The highest BCUT2D eigenvalue weighted by molar-refractivity contribution is 7.54. The van der Waals surface area contributed by atoms with Crippen molar-refractivity contribution in [2.24, 2.45) is 0 Å². The van der Waals surface area contributed by atoms with Gasteiger partial charge in [0.1, 0.15) is 5.75 Å². The molecule has 2 fully saturated rings. The number of para-hydroxylation sites is 1. The lowest BCUT2D eigenvalue weighted by molar-refractivity contribution is -0.385. The number of nitro groups is 1. The summed E-state index contributed by atoms with van der Waals surface area (Å²) >= 11 is 0. The van der Waals surface area contributed by atoms with Crippen LogP contribution in [0.3, 0.4) is 0 Å². The molecule has 8 nitrogen and oxygen atoms in total. The van der Waals surface area contributed by atoms with Crippen LogP contribution in [0.4, 0.5) is 5.69 Å². The minimum absolute atomic E-state index is 0.0664. The van der Waals surface area contributed by atoms with Crippen molar-refractivity contribution in [3.63, 3.8) is 0 Å². The first-order chi connectivity index (χ1) is 13.6. The second-order valence-electron chi connectivity index (χ2n) is 7.18. The maximum atomic E-state index is 13.3. The van der Waals surface area contributed by atoms with Gasteiger partial charge in [-0.05, 0) is 36.6 Å². The molecule has 0 bridgehead atoms. The molecular formula is C19H20N3O5P. The SMILES string of the molecule is O=[N+]([O-])c1ccc2c(c1Oc1ccccc1)CCC2OP(=O)(N1CC1)N1CC1. The zero-order chi connectivity index (χ0) is 19.3. The van der Waals surface area contributed by atoms with E-state index in [9.17, 15) is 14.7 Å². The number of rotatable bonds is 7. The Labute approximate surface area is 162 Å². The second-order valence-corrected chi connectivity index (χ2v) is 9.51. The Hall–Kier alpha value is -2.25. The number of nitro benzene ring substituents is 1. The number of benzene rings is 2. The topological polar surface area (TPSA) is 84.7 Å². The van der Waals surface area contributed by atoms with E-state index in [1.807, 2.05) is 27.5 Å². The summed E-state index contributed by atoms with van der Waals surface area (Å²) in [6.07, 6.45) is 0.873. The molecule has 0 radical (unpaired) electrons. The summed E-state index contributed by atoms with van der Waals surface area (Å²) in [5.74, 6) is 0.801. The average molecular weight is 401 g/mol. The fourth-order valence-electron chi connectivity index (χ4n) is 3.67. The monoisotopic (exact) mass is 401 g/mol. The molecule has 0 amide bonds. The summed E-state index contributed by atoms with van der Waals surface area (Å²) < 4.78 is 29.2. The molecule has 1 atom stereocenters. The summed E-state index contributed by atoms with van der Waals surface area (Å²) in [6.45, 7) is 3.15. The van der Waals surface area contributed by atoms with E-state index in [1.54, 1.807) is 18.2 Å². The summed E-state index contributed by atoms with van der Waals surface area (Å²) in [6, 6.07) is 12.2. The van der Waals surface area contributed by atoms with E-state index in [0.29, 0.717) is 18.6 Å². The third-order valence-corrected chi connectivity index (χ3v) is 8.02. The summed E-state index contributed by atoms with van der Waals surface area (Å²) in [7, 11) is -2.97. The highest BCUT2D eigenvalue weighted by Crippen LogP contribution is 2.64. The number of hydrogen-bond acceptors (Lipinski definition) is 5. The Morgan fingerprint density at radius 2 is 1.71 bits per heavy atom. The van der Waals surface area contributed by atoms with Crippen LogP contribution in [0.15, 0.2) is 42.5 Å². The molecule has 2 aromatic carbocycles. The molecule has 0 spiro atoms. The molecule has 1 unspecified atom stereocenters. The normalized spacial score (nSPS) is 21.4. The van der Waals surface area contributed by atoms with Gasteiger partial charge >= 0.3 is 13.4 Å². The van der Waals surface area contributed by atoms with Gasteiger partial charge in [0.05, 0.1) is 11.0 Å². The molecule has 1 aliphatic carbocycles. The number of fused-ring (bicyclic) bond motifs is 1. The second kappa shape index (κ2) is 6.67. The van der Waals surface area contributed by atoms with Gasteiger partial charge in [-0.25, -0.2) is 9.34 Å². The van der Waals surface area contributed by atoms with Gasteiger partial charge < -0.3 is 4.74 Å². The highest BCUT2D eigenvalue weighted by Gasteiger charge is 2.51. The van der Waals surface area contributed by atoms with Gasteiger partial charge in [-0.15, -0.1) is 0 Å². The van der Waals surface area contributed by atoms with Crippen molar-refractivity contribution in [1.82, 2.24) is 9.34 Å². The van der Waals surface area contributed by atoms with Crippen molar-refractivity contribution in [3.05, 3.63) is 63.7 Å². The largest absolute Gasteiger partial charge is 0.450 e. The van der Waals surface area contributed by atoms with E-state index < -0.39 is 12.6 Å². The molecule has 3 aliphatic rings. The molecule has 2 heterocycles. The Kier molecular flexibility index (Phi) is 4.25. The van der Waals surface area contributed by atoms with Crippen molar-refractivity contribution in [2.75, 3.05) is 26.2 Å². The predicted molar refractivity (Wildman–Crippen MR) is 103 cm³/mol. The molecule has 2 saturated heterocycles. The van der Waals surface area contributed by atoms with Gasteiger partial charge in [-0.3, -0.25) is 19.2 Å². The minimum Gasteiger partial charge on any atom is -0.450 e. The maximum Gasteiger partial charge on any atom is 0.346 e. The lowest BCUT2D eigenvalue weighted by Crippen LogP contribution is -2.11. The van der Waals surface area contributed by atoms with Crippen LogP contribution in [-0.4, -0.2) is 40.4 Å². The first kappa shape index (κ1) is 17.8. The van der Waals surface area contributed by atoms with Crippen molar-refractivity contribution in [1.29, 1.82) is 0 Å². The molecule has 0 saturated carbocycles. The molecule has 0 N–H and O–H groups in total. The standard InChI is InChI=1S/C19H20N3O5P/c23-22(24)17-8-6-15-16(19(17)26-14-4-2-1-3-5-14)7-9-18(15)27-28(25,20-10-11-20)21-12-13-21/h1-6,8,18H,7,9-13H2. The smallest absolute Gasteiger partial charge is 0.346 e. The van der Waals surface area contributed by atoms with Crippen LogP contribution in [-0.2, 0) is 15.5 Å². The van der Waals surface area contributed by atoms with Crippen molar-refractivity contribution in [3.8, 4) is 11.5 Å². The molecule has 2 aromatic rings. The highest BCUT2D eigenvalue weighted by atomic mass is 31.2. The van der Waals surface area contributed by atoms with Crippen molar-refractivity contribution < 1.29 is 18.7 Å². The van der Waals surface area contributed by atoms with Gasteiger partial charge in [0, 0.05) is 37.8 Å². The van der Waals surface area contributed by atoms with E-state index in [1.165, 1.54) is 6.07 Å². The predicted octanol–water partition coefficient (Wildman–Crippen LogP) is 4.13. The van der Waals surface area contributed by atoms with E-state index >= 15 is 0 Å². The Morgan fingerprint density at radius 3 is 2.32 bits per heavy atom. The van der Waals surface area contributed by atoms with Crippen LogP contribution in [0.1, 0.15) is 23.7 Å². The fraction of sp³-hybridized carbons (Fsp3) is 0.368. The lowest BCUT2D eigenvalue weighted by Gasteiger charge is -2.24. The third kappa shape index (κ3) is 3.12. The van der Waals surface area contributed by atoms with Crippen LogP contribution in [0.2, 0.25) is 0 Å². The van der Waals surface area contributed by atoms with Gasteiger partial charge in [0.2, 0.25) is 5.75 Å². The van der Waals surface area contributed by atoms with E-state index in [-0.39, 0.29) is 17.5 Å². The third-order valence-electron chi connectivity index (χ3n) is 5.27. The molecule has 5 rings (SSSR count). The van der Waals surface area contributed by atoms with Crippen LogP contribution in [0, 0.1) is 10.1 Å². The molecule has 146 valence electrons. The van der Waals surface area contributed by atoms with Gasteiger partial charge in [-0.2, -0.15) is 0 Å². The molecule has 2 aliphatic heterocycles. The molecule has 9 heteroatoms. The average Bonchev–Trinajstić information content (AvgIpc) is 3.60. The summed E-state index contributed by atoms with van der Waals surface area (Å²) in [5.41, 5.74) is 1.54. The fourth-order valence-corrected chi connectivity index (χ4v) is 6.03. The van der Waals surface area contributed by atoms with E-state index in [4.69, 9.17) is 9.26 Å². The van der Waals surface area contributed by atoms with Crippen LogP contribution < -0.4 is 4.74 Å². The quantitative estimate of drug-likeness (QED) is 0.298. The first-order valence-electron chi connectivity index (χ1n) is 9.38. The van der Waals surface area contributed by atoms with Crippen molar-refractivity contribution >= 4 is 13.4 Å². The minimum atomic E-state index is -2.97. The Morgan fingerprint density at radius 1 is 1.04 bits per heavy atom. The van der Waals surface area contributed by atoms with Gasteiger partial charge in [-0.1, -0.05) is 18.2 Å². The lowest BCUT2D eigenvalue weighted by atomic mass is 10.1. The van der Waals surface area contributed by atoms with E-state index in [2.05, 4.69) is 0 Å². The maximum absolute atomic E-state index is 13.3. The zero-order valence-corrected chi connectivity index (χ0v) is 16.1. The summed E-state index contributed by atoms with van der Waals surface area (Å²) in [5, 5.41) is 11.6. The summed E-state index contributed by atoms with van der Waals surface area (Å²) in [4.78, 5) is 11.1. The van der Waals surface area contributed by atoms with Gasteiger partial charge in [0.15, 0.2) is 0 Å². The van der Waals surface area contributed by atoms with Crippen LogP contribution >= 0.6 is 7.67 Å². The van der Waals surface area contributed by atoms with Gasteiger partial charge in [0.25, 0.3) is 0 Å². The molecule has 28 heavy (non-hydrogen) atoms. The first-order valence-corrected chi connectivity index (χ1v) is 10.9. The zero-order valence-electron chi connectivity index (χ0n) is 15.2. The van der Waals surface area contributed by atoms with Crippen LogP contribution in [0.5, 0.6) is 11.5 Å². The number of nitrogens with zero attached hydrogens (tertiary/aromatic N) is 3. The van der Waals surface area contributed by atoms with Crippen molar-refractivity contribution in [2.45, 2.75) is 18.9 Å². The van der Waals surface area contributed by atoms with Crippen LogP contribution in [0.25, 0.3) is 0 Å². The number of hydrogen-bond donors (Lipinski definition) is 0. The Bertz CT molecular complexity index is 959. The Balaban J connectivity index is 1.49. The molecule has 0 aromatic heterocycles. The molecular weight excluding hydrogens is 381 g/mol. The van der Waals surface area contributed by atoms with E-state index in [0.717, 1.165) is 37.3 Å². The number of ether oxygens (including phenoxy) is 1.